The van der Waals surface area contributed by atoms with Crippen LogP contribution in [0.3, 0.4) is 0 Å². The summed E-state index contributed by atoms with van der Waals surface area (Å²) >= 11 is 0. The number of allylic oxidation sites excluding steroid dienone is 3. The molecule has 0 spiro atoms. The number of hydrogen-bond donors (Lipinski definition) is 2. The van der Waals surface area contributed by atoms with Crippen molar-refractivity contribution in [3.05, 3.63) is 60.8 Å². The van der Waals surface area contributed by atoms with Crippen molar-refractivity contribution in [2.75, 3.05) is 10.6 Å². The lowest BCUT2D eigenvalue weighted by Crippen LogP contribution is -2.27. The Kier molecular flexibility index (Phi) is 11.5. The van der Waals surface area contributed by atoms with Crippen molar-refractivity contribution in [1.29, 1.82) is 0 Å². The molecule has 0 radical (unpaired) electrons. The first kappa shape index (κ1) is 28.9. The number of nitrogens with zero attached hydrogens (tertiary/aromatic N) is 1. The average molecular weight is 504 g/mol. The van der Waals surface area contributed by atoms with Gasteiger partial charge in [-0.1, -0.05) is 33.4 Å². The van der Waals surface area contributed by atoms with Crippen LogP contribution in [0.15, 0.2) is 55.3 Å². The van der Waals surface area contributed by atoms with Gasteiger partial charge in [-0.2, -0.15) is 0 Å². The molecule has 0 aliphatic heterocycles. The number of rotatable bonds is 11. The van der Waals surface area contributed by atoms with Gasteiger partial charge in [0.05, 0.1) is 0 Å². The third kappa shape index (κ3) is 9.40. The first-order valence-electron chi connectivity index (χ1n) is 12.4. The smallest absolute Gasteiger partial charge is 0.406 e. The molecule has 36 heavy (non-hydrogen) atoms. The van der Waals surface area contributed by atoms with Crippen LogP contribution in [0.2, 0.25) is 0 Å². The molecule has 1 aromatic carbocycles. The van der Waals surface area contributed by atoms with Crippen LogP contribution < -0.4 is 15.4 Å². The van der Waals surface area contributed by atoms with Crippen LogP contribution >= 0.6 is 0 Å². The molecule has 2 N–H and O–H groups in total. The Morgan fingerprint density at radius 2 is 1.86 bits per heavy atom. The molecule has 0 bridgehead atoms. The first-order valence-corrected chi connectivity index (χ1v) is 12.4. The van der Waals surface area contributed by atoms with E-state index in [0.717, 1.165) is 43.4 Å². The summed E-state index contributed by atoms with van der Waals surface area (Å²) in [6.07, 6.45) is 7.47. The highest BCUT2D eigenvalue weighted by molar-refractivity contribution is 5.88. The van der Waals surface area contributed by atoms with Crippen LogP contribution in [-0.2, 0) is 4.79 Å². The standard InChI is InChI=1S/C22H26F3N3O.C6H10O/c1-3-6-15(4-2)20-19(27-16-7-5-8-16)13-14-26-21(20)28-17-9-11-18(12-10-17)29-22(23,24)25;1-3-5-6(7)4-2/h6,9-14,16H,3-5,7-8H2,1-2H3,(H2,26,27,28);4H,2-3,5H2,1H3/b15-6+;. The third-order valence-electron chi connectivity index (χ3n) is 5.64. The zero-order valence-electron chi connectivity index (χ0n) is 21.3. The molecule has 0 unspecified atom stereocenters. The Labute approximate surface area is 211 Å². The van der Waals surface area contributed by atoms with E-state index < -0.39 is 6.36 Å². The minimum absolute atomic E-state index is 0.141. The van der Waals surface area contributed by atoms with Crippen molar-refractivity contribution in [3.63, 3.8) is 0 Å². The van der Waals surface area contributed by atoms with Crippen LogP contribution in [0, 0.1) is 0 Å². The Bertz CT molecular complexity index is 1010. The van der Waals surface area contributed by atoms with E-state index in [9.17, 15) is 18.0 Å². The highest BCUT2D eigenvalue weighted by Gasteiger charge is 2.31. The number of aromatic nitrogens is 1. The Morgan fingerprint density at radius 3 is 2.33 bits per heavy atom. The molecule has 1 fully saturated rings. The maximum absolute atomic E-state index is 12.4. The summed E-state index contributed by atoms with van der Waals surface area (Å²) in [7, 11) is 0. The van der Waals surface area contributed by atoms with Gasteiger partial charge in [0.1, 0.15) is 11.6 Å². The van der Waals surface area contributed by atoms with Crippen molar-refractivity contribution in [2.24, 2.45) is 0 Å². The molecule has 1 aliphatic carbocycles. The van der Waals surface area contributed by atoms with Gasteiger partial charge >= 0.3 is 6.36 Å². The molecular formula is C28H36F3N3O2. The highest BCUT2D eigenvalue weighted by Crippen LogP contribution is 2.36. The summed E-state index contributed by atoms with van der Waals surface area (Å²) in [5, 5.41) is 6.87. The second-order valence-electron chi connectivity index (χ2n) is 8.46. The first-order chi connectivity index (χ1) is 17.2. The van der Waals surface area contributed by atoms with Gasteiger partial charge in [0.15, 0.2) is 5.78 Å². The largest absolute Gasteiger partial charge is 0.573 e. The average Bonchev–Trinajstić information content (AvgIpc) is 2.81. The van der Waals surface area contributed by atoms with Crippen molar-refractivity contribution >= 4 is 28.5 Å². The fourth-order valence-corrected chi connectivity index (χ4v) is 3.67. The van der Waals surface area contributed by atoms with Gasteiger partial charge in [0, 0.05) is 35.6 Å². The maximum Gasteiger partial charge on any atom is 0.573 e. The summed E-state index contributed by atoms with van der Waals surface area (Å²) in [4.78, 5) is 14.8. The number of anilines is 3. The fourth-order valence-electron chi connectivity index (χ4n) is 3.67. The molecule has 1 aliphatic rings. The Morgan fingerprint density at radius 1 is 1.17 bits per heavy atom. The van der Waals surface area contributed by atoms with Gasteiger partial charge in [-0.05, 0) is 80.5 Å². The Balaban J connectivity index is 0.000000572. The Hall–Kier alpha value is -3.29. The fraction of sp³-hybridized carbons (Fsp3) is 0.429. The monoisotopic (exact) mass is 503 g/mol. The number of pyridine rings is 1. The normalized spacial score (nSPS) is 13.7. The molecule has 0 amide bonds. The highest BCUT2D eigenvalue weighted by atomic mass is 19.4. The van der Waals surface area contributed by atoms with E-state index in [1.807, 2.05) is 13.0 Å². The molecule has 8 heteroatoms. The molecular weight excluding hydrogens is 467 g/mol. The number of ketones is 1. The van der Waals surface area contributed by atoms with Gasteiger partial charge in [-0.15, -0.1) is 13.2 Å². The van der Waals surface area contributed by atoms with Gasteiger partial charge in [0.2, 0.25) is 0 Å². The van der Waals surface area contributed by atoms with E-state index in [1.54, 1.807) is 18.3 Å². The molecule has 1 saturated carbocycles. The number of ether oxygens (including phenoxy) is 1. The van der Waals surface area contributed by atoms with E-state index in [1.165, 1.54) is 30.2 Å². The van der Waals surface area contributed by atoms with E-state index >= 15 is 0 Å². The molecule has 0 saturated heterocycles. The number of benzene rings is 1. The summed E-state index contributed by atoms with van der Waals surface area (Å²) in [5.41, 5.74) is 3.87. The number of carbonyl (C=O) groups excluding carboxylic acids is 1. The van der Waals surface area contributed by atoms with Crippen LogP contribution in [0.5, 0.6) is 5.75 Å². The minimum Gasteiger partial charge on any atom is -0.406 e. The second-order valence-corrected chi connectivity index (χ2v) is 8.46. The molecule has 5 nitrogen and oxygen atoms in total. The third-order valence-corrected chi connectivity index (χ3v) is 5.64. The van der Waals surface area contributed by atoms with E-state index in [2.05, 4.69) is 46.9 Å². The topological polar surface area (TPSA) is 63.2 Å². The van der Waals surface area contributed by atoms with Crippen LogP contribution in [-0.4, -0.2) is 23.2 Å². The SMILES string of the molecule is C=CC(=O)CCC.CC/C=C(\CC)c1c(NC2CCC2)ccnc1Nc1ccc(OC(F)(F)F)cc1. The number of nitrogens with one attached hydrogen (secondary N) is 2. The molecule has 0 atom stereocenters. The van der Waals surface area contributed by atoms with Gasteiger partial charge < -0.3 is 15.4 Å². The van der Waals surface area contributed by atoms with Crippen molar-refractivity contribution in [2.45, 2.75) is 78.1 Å². The number of carbonyl (C=O) groups is 1. The van der Waals surface area contributed by atoms with E-state index in [4.69, 9.17) is 0 Å². The zero-order valence-corrected chi connectivity index (χ0v) is 21.3. The molecule has 196 valence electrons. The van der Waals surface area contributed by atoms with Crippen LogP contribution in [0.4, 0.5) is 30.4 Å². The summed E-state index contributed by atoms with van der Waals surface area (Å²) < 4.78 is 41.0. The molecule has 2 aromatic rings. The second kappa shape index (κ2) is 14.3. The van der Waals surface area contributed by atoms with E-state index in [-0.39, 0.29) is 11.5 Å². The van der Waals surface area contributed by atoms with Crippen LogP contribution in [0.1, 0.15) is 71.3 Å². The molecule has 3 rings (SSSR count). The lowest BCUT2D eigenvalue weighted by atomic mass is 9.92. The van der Waals surface area contributed by atoms with Crippen molar-refractivity contribution < 1.29 is 22.7 Å². The number of hydrogen-bond acceptors (Lipinski definition) is 5. The van der Waals surface area contributed by atoms with Gasteiger partial charge in [-0.25, -0.2) is 4.98 Å². The summed E-state index contributed by atoms with van der Waals surface area (Å²) in [6.45, 7) is 9.50. The molecule has 1 aromatic heterocycles. The van der Waals surface area contributed by atoms with Gasteiger partial charge in [0.25, 0.3) is 0 Å². The summed E-state index contributed by atoms with van der Waals surface area (Å²) in [6, 6.07) is 8.13. The van der Waals surface area contributed by atoms with Crippen LogP contribution in [0.25, 0.3) is 5.57 Å². The van der Waals surface area contributed by atoms with Crippen molar-refractivity contribution in [1.82, 2.24) is 4.98 Å². The minimum atomic E-state index is -4.70. The quantitative estimate of drug-likeness (QED) is 0.301. The maximum atomic E-state index is 12.4. The molecule has 1 heterocycles. The summed E-state index contributed by atoms with van der Waals surface area (Å²) in [5.74, 6) is 0.569. The number of halogens is 3. The van der Waals surface area contributed by atoms with Crippen molar-refractivity contribution in [3.8, 4) is 5.75 Å². The lowest BCUT2D eigenvalue weighted by Gasteiger charge is -2.29. The van der Waals surface area contributed by atoms with E-state index in [0.29, 0.717) is 24.0 Å². The lowest BCUT2D eigenvalue weighted by molar-refractivity contribution is -0.274. The predicted molar refractivity (Wildman–Crippen MR) is 141 cm³/mol. The number of alkyl halides is 3. The predicted octanol–water partition coefficient (Wildman–Crippen LogP) is 8.43. The zero-order chi connectivity index (χ0) is 26.6. The van der Waals surface area contributed by atoms with Gasteiger partial charge in [-0.3, -0.25) is 4.79 Å².